The van der Waals surface area contributed by atoms with E-state index >= 15 is 0 Å². The van der Waals surface area contributed by atoms with E-state index in [9.17, 15) is 5.11 Å². The summed E-state index contributed by atoms with van der Waals surface area (Å²) in [5.74, 6) is -0.144. The highest BCUT2D eigenvalue weighted by molar-refractivity contribution is 6.68. The molecule has 0 rings (SSSR count). The van der Waals surface area contributed by atoms with Gasteiger partial charge in [-0.1, -0.05) is 73.5 Å². The Morgan fingerprint density at radius 3 is 2.27 bits per heavy atom. The van der Waals surface area contributed by atoms with Gasteiger partial charge in [0.1, 0.15) is 6.10 Å². The van der Waals surface area contributed by atoms with E-state index in [1.54, 1.807) is 6.08 Å². The van der Waals surface area contributed by atoms with Crippen LogP contribution < -0.4 is 0 Å². The summed E-state index contributed by atoms with van der Waals surface area (Å²) in [5.41, 5.74) is 0. The average Bonchev–Trinajstić information content (AvgIpc) is 2.16. The van der Waals surface area contributed by atoms with Crippen LogP contribution in [0.25, 0.3) is 0 Å². The van der Waals surface area contributed by atoms with Gasteiger partial charge in [-0.05, 0) is 6.42 Å². The number of rotatable bonds is 7. The molecule has 4 heteroatoms. The van der Waals surface area contributed by atoms with Gasteiger partial charge in [-0.3, -0.25) is 0 Å². The maximum Gasteiger partial charge on any atom is 0.216 e. The molecule has 0 bridgehead atoms. The van der Waals surface area contributed by atoms with Crippen molar-refractivity contribution in [1.29, 1.82) is 0 Å². The monoisotopic (exact) mass is 272 g/mol. The summed E-state index contributed by atoms with van der Waals surface area (Å²) in [6.07, 6.45) is 6.08. The van der Waals surface area contributed by atoms with Gasteiger partial charge < -0.3 is 5.11 Å². The molecule has 1 nitrogen and oxygen atoms in total. The van der Waals surface area contributed by atoms with Crippen LogP contribution in [0.3, 0.4) is 0 Å². The Morgan fingerprint density at radius 1 is 1.27 bits per heavy atom. The van der Waals surface area contributed by atoms with Crippen LogP contribution in [0.2, 0.25) is 0 Å². The lowest BCUT2D eigenvalue weighted by Gasteiger charge is -2.25. The lowest BCUT2D eigenvalue weighted by molar-refractivity contribution is 0.128. The molecule has 90 valence electrons. The van der Waals surface area contributed by atoms with Gasteiger partial charge in [0.25, 0.3) is 0 Å². The summed E-state index contributed by atoms with van der Waals surface area (Å²) in [7, 11) is 0. The van der Waals surface area contributed by atoms with E-state index < -0.39 is 9.90 Å². The molecule has 15 heavy (non-hydrogen) atoms. The largest absolute Gasteiger partial charge is 0.388 e. The van der Waals surface area contributed by atoms with Crippen LogP contribution in [0.4, 0.5) is 0 Å². The van der Waals surface area contributed by atoms with Crippen molar-refractivity contribution in [2.45, 2.75) is 48.9 Å². The minimum Gasteiger partial charge on any atom is -0.388 e. The van der Waals surface area contributed by atoms with Crippen molar-refractivity contribution < 1.29 is 5.11 Å². The zero-order chi connectivity index (χ0) is 11.9. The maximum absolute atomic E-state index is 9.73. The summed E-state index contributed by atoms with van der Waals surface area (Å²) in [5, 5.41) is 9.73. The van der Waals surface area contributed by atoms with Crippen molar-refractivity contribution in [3.05, 3.63) is 12.7 Å². The quantitative estimate of drug-likeness (QED) is 0.412. The van der Waals surface area contributed by atoms with Gasteiger partial charge in [-0.2, -0.15) is 0 Å². The molecule has 0 aromatic rings. The van der Waals surface area contributed by atoms with Crippen LogP contribution in [0.1, 0.15) is 39.0 Å². The molecule has 0 aliphatic heterocycles. The normalized spacial score (nSPS) is 16.1. The molecule has 0 spiro atoms. The summed E-state index contributed by atoms with van der Waals surface area (Å²) in [6, 6.07) is 0. The van der Waals surface area contributed by atoms with Crippen LogP contribution in [-0.2, 0) is 0 Å². The van der Waals surface area contributed by atoms with Crippen molar-refractivity contribution in [3.8, 4) is 0 Å². The van der Waals surface area contributed by atoms with Crippen molar-refractivity contribution in [1.82, 2.24) is 0 Å². The first-order chi connectivity index (χ1) is 6.93. The predicted molar refractivity (Wildman–Crippen MR) is 68.7 cm³/mol. The first-order valence-electron chi connectivity index (χ1n) is 5.30. The minimum atomic E-state index is -1.62. The van der Waals surface area contributed by atoms with Crippen molar-refractivity contribution in [2.24, 2.45) is 5.92 Å². The van der Waals surface area contributed by atoms with Gasteiger partial charge >= 0.3 is 0 Å². The fourth-order valence-electron chi connectivity index (χ4n) is 1.45. The van der Waals surface area contributed by atoms with E-state index in [-0.39, 0.29) is 5.92 Å². The second-order valence-corrected chi connectivity index (χ2v) is 6.10. The van der Waals surface area contributed by atoms with Gasteiger partial charge in [-0.15, -0.1) is 6.58 Å². The molecule has 0 radical (unpaired) electrons. The van der Waals surface area contributed by atoms with Crippen LogP contribution in [0.15, 0.2) is 12.7 Å². The molecule has 0 amide bonds. The maximum atomic E-state index is 9.73. The topological polar surface area (TPSA) is 20.2 Å². The van der Waals surface area contributed by atoms with E-state index in [1.165, 1.54) is 12.8 Å². The van der Waals surface area contributed by atoms with E-state index in [0.29, 0.717) is 0 Å². The SMILES string of the molecule is C=C[C@@H](CCCCCC)[C@@H](O)C(Cl)(Cl)Cl. The highest BCUT2D eigenvalue weighted by Gasteiger charge is 2.35. The minimum absolute atomic E-state index is 0.144. The number of halogens is 3. The highest BCUT2D eigenvalue weighted by atomic mass is 35.6. The second-order valence-electron chi connectivity index (χ2n) is 3.74. The Bertz CT molecular complexity index is 177. The van der Waals surface area contributed by atoms with Crippen LogP contribution in [-0.4, -0.2) is 15.0 Å². The first-order valence-corrected chi connectivity index (χ1v) is 6.44. The van der Waals surface area contributed by atoms with Gasteiger partial charge in [-0.25, -0.2) is 0 Å². The van der Waals surface area contributed by atoms with Crippen molar-refractivity contribution in [2.75, 3.05) is 0 Å². The lowest BCUT2D eigenvalue weighted by atomic mass is 9.96. The highest BCUT2D eigenvalue weighted by Crippen LogP contribution is 2.36. The Hall–Kier alpha value is 0.570. The van der Waals surface area contributed by atoms with Crippen LogP contribution in [0.5, 0.6) is 0 Å². The number of hydrogen-bond acceptors (Lipinski definition) is 1. The summed E-state index contributed by atoms with van der Waals surface area (Å²) >= 11 is 16.9. The predicted octanol–water partition coefficient (Wildman–Crippen LogP) is 4.49. The third kappa shape index (κ3) is 6.68. The number of unbranched alkanes of at least 4 members (excludes halogenated alkanes) is 3. The van der Waals surface area contributed by atoms with Gasteiger partial charge in [0, 0.05) is 5.92 Å². The molecule has 2 atom stereocenters. The molecule has 0 aliphatic carbocycles. The van der Waals surface area contributed by atoms with Gasteiger partial charge in [0.05, 0.1) is 0 Å². The number of hydrogen-bond donors (Lipinski definition) is 1. The molecule has 0 heterocycles. The standard InChI is InChI=1S/C11H19Cl3O/c1-3-5-6-7-8-9(4-2)10(15)11(12,13)14/h4,9-10,15H,2-3,5-8H2,1H3/t9-,10+/m0/s1. The van der Waals surface area contributed by atoms with Crippen LogP contribution >= 0.6 is 34.8 Å². The van der Waals surface area contributed by atoms with Crippen molar-refractivity contribution >= 4 is 34.8 Å². The van der Waals surface area contributed by atoms with Gasteiger partial charge in [0.2, 0.25) is 3.79 Å². The fraction of sp³-hybridized carbons (Fsp3) is 0.818. The smallest absolute Gasteiger partial charge is 0.216 e. The number of aliphatic hydroxyl groups is 1. The zero-order valence-corrected chi connectivity index (χ0v) is 11.3. The fourth-order valence-corrected chi connectivity index (χ4v) is 1.94. The first kappa shape index (κ1) is 15.6. The second kappa shape index (κ2) is 7.78. The van der Waals surface area contributed by atoms with E-state index in [2.05, 4.69) is 13.5 Å². The molecule has 0 fully saturated rings. The third-order valence-electron chi connectivity index (χ3n) is 2.43. The summed E-state index contributed by atoms with van der Waals surface area (Å²) in [6.45, 7) is 5.81. The molecular weight excluding hydrogens is 254 g/mol. The molecular formula is C11H19Cl3O. The van der Waals surface area contributed by atoms with E-state index in [0.717, 1.165) is 19.3 Å². The molecule has 1 N–H and O–H groups in total. The molecule has 0 saturated heterocycles. The summed E-state index contributed by atoms with van der Waals surface area (Å²) in [4.78, 5) is 0. The van der Waals surface area contributed by atoms with Crippen LogP contribution in [0, 0.1) is 5.92 Å². The van der Waals surface area contributed by atoms with E-state index in [1.807, 2.05) is 0 Å². The molecule has 0 saturated carbocycles. The Morgan fingerprint density at radius 2 is 1.87 bits per heavy atom. The summed E-state index contributed by atoms with van der Waals surface area (Å²) < 4.78 is -1.62. The average molecular weight is 274 g/mol. The van der Waals surface area contributed by atoms with E-state index in [4.69, 9.17) is 34.8 Å². The Kier molecular flexibility index (Phi) is 8.08. The molecule has 0 aromatic heterocycles. The molecule has 0 aromatic carbocycles. The number of alkyl halides is 3. The third-order valence-corrected chi connectivity index (χ3v) is 3.11. The zero-order valence-electron chi connectivity index (χ0n) is 9.06. The molecule has 0 unspecified atom stereocenters. The molecule has 0 aliphatic rings. The number of aliphatic hydroxyl groups excluding tert-OH is 1. The van der Waals surface area contributed by atoms with Gasteiger partial charge in [0.15, 0.2) is 0 Å². The lowest BCUT2D eigenvalue weighted by Crippen LogP contribution is -2.32. The van der Waals surface area contributed by atoms with Crippen molar-refractivity contribution in [3.63, 3.8) is 0 Å². The Balaban J connectivity index is 3.97. The Labute approximate surface area is 107 Å².